The number of hydrogen-bond donors (Lipinski definition) is 1. The molecular weight excluding hydrogens is 198 g/mol. The molecule has 1 heterocycles. The number of nitrogens with one attached hydrogen (secondary N) is 1. The van der Waals surface area contributed by atoms with E-state index in [2.05, 4.69) is 44.3 Å². The predicted molar refractivity (Wildman–Crippen MR) is 66.9 cm³/mol. The summed E-state index contributed by atoms with van der Waals surface area (Å²) in [5.74, 6) is 1.08. The van der Waals surface area contributed by atoms with Crippen molar-refractivity contribution in [2.24, 2.45) is 0 Å². The summed E-state index contributed by atoms with van der Waals surface area (Å²) in [6.07, 6.45) is 2.30. The van der Waals surface area contributed by atoms with E-state index in [1.165, 1.54) is 11.1 Å². The molecule has 0 unspecified atom stereocenters. The fourth-order valence-electron chi connectivity index (χ4n) is 1.86. The molecule has 0 saturated carbocycles. The van der Waals surface area contributed by atoms with E-state index < -0.39 is 0 Å². The number of benzene rings is 1. The third-order valence-corrected chi connectivity index (χ3v) is 2.80. The Morgan fingerprint density at radius 3 is 2.88 bits per heavy atom. The fraction of sp³-hybridized carbons (Fsp3) is 0.571. The van der Waals surface area contributed by atoms with Gasteiger partial charge in [0, 0.05) is 12.1 Å². The molecule has 1 aromatic carbocycles. The largest absolute Gasteiger partial charge is 0.493 e. The van der Waals surface area contributed by atoms with Gasteiger partial charge in [0.05, 0.1) is 6.61 Å². The van der Waals surface area contributed by atoms with Crippen LogP contribution in [-0.4, -0.2) is 12.1 Å². The van der Waals surface area contributed by atoms with Gasteiger partial charge in [-0.3, -0.25) is 0 Å². The SMILES string of the molecule is CC(C)(C)NCc1ccc2c(c1)OCCC2. The zero-order chi connectivity index (χ0) is 11.6. The van der Waals surface area contributed by atoms with Gasteiger partial charge in [0.15, 0.2) is 0 Å². The van der Waals surface area contributed by atoms with Gasteiger partial charge in [-0.15, -0.1) is 0 Å². The average molecular weight is 219 g/mol. The fourth-order valence-corrected chi connectivity index (χ4v) is 1.86. The van der Waals surface area contributed by atoms with Gasteiger partial charge in [-0.05, 0) is 50.8 Å². The molecule has 0 fully saturated rings. The zero-order valence-corrected chi connectivity index (χ0v) is 10.5. The number of rotatable bonds is 2. The van der Waals surface area contributed by atoms with E-state index in [0.717, 1.165) is 31.7 Å². The first kappa shape index (κ1) is 11.5. The van der Waals surface area contributed by atoms with E-state index in [1.54, 1.807) is 0 Å². The lowest BCUT2D eigenvalue weighted by Crippen LogP contribution is -2.35. The highest BCUT2D eigenvalue weighted by Crippen LogP contribution is 2.25. The van der Waals surface area contributed by atoms with Crippen LogP contribution in [0.25, 0.3) is 0 Å². The van der Waals surface area contributed by atoms with Crippen LogP contribution in [0.5, 0.6) is 5.75 Å². The van der Waals surface area contributed by atoms with Crippen LogP contribution in [0.15, 0.2) is 18.2 Å². The standard InChI is InChI=1S/C14H21NO/c1-14(2,3)15-10-11-6-7-12-5-4-8-16-13(12)9-11/h6-7,9,15H,4-5,8,10H2,1-3H3. The van der Waals surface area contributed by atoms with Crippen LogP contribution in [-0.2, 0) is 13.0 Å². The van der Waals surface area contributed by atoms with Crippen LogP contribution >= 0.6 is 0 Å². The molecule has 0 radical (unpaired) electrons. The number of hydrogen-bond acceptors (Lipinski definition) is 2. The summed E-state index contributed by atoms with van der Waals surface area (Å²) in [6.45, 7) is 8.31. The van der Waals surface area contributed by atoms with Crippen molar-refractivity contribution < 1.29 is 4.74 Å². The van der Waals surface area contributed by atoms with Gasteiger partial charge in [0.2, 0.25) is 0 Å². The molecule has 0 aliphatic carbocycles. The summed E-state index contributed by atoms with van der Waals surface area (Å²) in [5, 5.41) is 3.49. The minimum absolute atomic E-state index is 0.163. The molecule has 1 N–H and O–H groups in total. The molecule has 0 bridgehead atoms. The number of fused-ring (bicyclic) bond motifs is 1. The van der Waals surface area contributed by atoms with Crippen LogP contribution in [0.4, 0.5) is 0 Å². The van der Waals surface area contributed by atoms with Gasteiger partial charge in [-0.2, -0.15) is 0 Å². The van der Waals surface area contributed by atoms with Gasteiger partial charge in [0.1, 0.15) is 5.75 Å². The molecule has 0 saturated heterocycles. The molecule has 1 aromatic rings. The molecule has 88 valence electrons. The van der Waals surface area contributed by atoms with Crippen molar-refractivity contribution in [3.63, 3.8) is 0 Å². The summed E-state index contributed by atoms with van der Waals surface area (Å²) in [5.41, 5.74) is 2.82. The van der Waals surface area contributed by atoms with Gasteiger partial charge in [-0.1, -0.05) is 12.1 Å². The predicted octanol–water partition coefficient (Wildman–Crippen LogP) is 2.90. The smallest absolute Gasteiger partial charge is 0.122 e. The lowest BCUT2D eigenvalue weighted by molar-refractivity contribution is 0.288. The highest BCUT2D eigenvalue weighted by Gasteiger charge is 2.12. The average Bonchev–Trinajstić information content (AvgIpc) is 2.25. The maximum absolute atomic E-state index is 5.67. The van der Waals surface area contributed by atoms with Crippen molar-refractivity contribution in [2.45, 2.75) is 45.7 Å². The van der Waals surface area contributed by atoms with Crippen molar-refractivity contribution in [2.75, 3.05) is 6.61 Å². The highest BCUT2D eigenvalue weighted by atomic mass is 16.5. The lowest BCUT2D eigenvalue weighted by Gasteiger charge is -2.22. The molecule has 16 heavy (non-hydrogen) atoms. The molecule has 2 nitrogen and oxygen atoms in total. The van der Waals surface area contributed by atoms with Crippen molar-refractivity contribution in [1.29, 1.82) is 0 Å². The molecule has 0 spiro atoms. The molecule has 2 rings (SSSR count). The Morgan fingerprint density at radius 1 is 1.31 bits per heavy atom. The van der Waals surface area contributed by atoms with Gasteiger partial charge >= 0.3 is 0 Å². The summed E-state index contributed by atoms with van der Waals surface area (Å²) in [7, 11) is 0. The molecule has 0 atom stereocenters. The maximum Gasteiger partial charge on any atom is 0.122 e. The van der Waals surface area contributed by atoms with Gasteiger partial charge in [0.25, 0.3) is 0 Å². The van der Waals surface area contributed by atoms with Crippen molar-refractivity contribution in [3.05, 3.63) is 29.3 Å². The third-order valence-electron chi connectivity index (χ3n) is 2.80. The topological polar surface area (TPSA) is 21.3 Å². The van der Waals surface area contributed by atoms with Crippen LogP contribution < -0.4 is 10.1 Å². The van der Waals surface area contributed by atoms with Crippen molar-refractivity contribution in [3.8, 4) is 5.75 Å². The van der Waals surface area contributed by atoms with E-state index in [4.69, 9.17) is 4.74 Å². The monoisotopic (exact) mass is 219 g/mol. The summed E-state index contributed by atoms with van der Waals surface area (Å²) in [4.78, 5) is 0. The molecule has 2 heteroatoms. The van der Waals surface area contributed by atoms with Crippen molar-refractivity contribution in [1.82, 2.24) is 5.32 Å². The molecular formula is C14H21NO. The maximum atomic E-state index is 5.67. The summed E-state index contributed by atoms with van der Waals surface area (Å²) < 4.78 is 5.67. The number of aryl methyl sites for hydroxylation is 1. The Labute approximate surface area is 98.0 Å². The first-order chi connectivity index (χ1) is 7.54. The quantitative estimate of drug-likeness (QED) is 0.825. The van der Waals surface area contributed by atoms with Crippen LogP contribution in [0.1, 0.15) is 38.3 Å². The molecule has 0 amide bonds. The molecule has 1 aliphatic heterocycles. The van der Waals surface area contributed by atoms with Crippen LogP contribution in [0, 0.1) is 0 Å². The van der Waals surface area contributed by atoms with Gasteiger partial charge in [-0.25, -0.2) is 0 Å². The Balaban J connectivity index is 2.06. The van der Waals surface area contributed by atoms with E-state index in [0.29, 0.717) is 0 Å². The minimum atomic E-state index is 0.163. The molecule has 1 aliphatic rings. The van der Waals surface area contributed by atoms with E-state index in [-0.39, 0.29) is 5.54 Å². The highest BCUT2D eigenvalue weighted by molar-refractivity contribution is 5.38. The second-order valence-corrected chi connectivity index (χ2v) is 5.50. The summed E-state index contributed by atoms with van der Waals surface area (Å²) in [6, 6.07) is 6.58. The summed E-state index contributed by atoms with van der Waals surface area (Å²) >= 11 is 0. The van der Waals surface area contributed by atoms with Crippen molar-refractivity contribution >= 4 is 0 Å². The Hall–Kier alpha value is -1.02. The zero-order valence-electron chi connectivity index (χ0n) is 10.5. The minimum Gasteiger partial charge on any atom is -0.493 e. The number of ether oxygens (including phenoxy) is 1. The Kier molecular flexibility index (Phi) is 3.20. The van der Waals surface area contributed by atoms with Gasteiger partial charge < -0.3 is 10.1 Å². The van der Waals surface area contributed by atoms with E-state index in [9.17, 15) is 0 Å². The normalized spacial score (nSPS) is 15.4. The van der Waals surface area contributed by atoms with Crippen LogP contribution in [0.2, 0.25) is 0 Å². The Morgan fingerprint density at radius 2 is 2.12 bits per heavy atom. The lowest BCUT2D eigenvalue weighted by atomic mass is 10.0. The second kappa shape index (κ2) is 4.46. The third kappa shape index (κ3) is 2.99. The Bertz CT molecular complexity index is 365. The van der Waals surface area contributed by atoms with E-state index in [1.807, 2.05) is 0 Å². The first-order valence-corrected chi connectivity index (χ1v) is 6.04. The second-order valence-electron chi connectivity index (χ2n) is 5.50. The first-order valence-electron chi connectivity index (χ1n) is 6.04. The van der Waals surface area contributed by atoms with Crippen LogP contribution in [0.3, 0.4) is 0 Å². The molecule has 0 aromatic heterocycles. The van der Waals surface area contributed by atoms with E-state index >= 15 is 0 Å².